The van der Waals surface area contributed by atoms with E-state index >= 15 is 4.39 Å². The molecule has 14 heteroatoms. The molecule has 6 heterocycles. The van der Waals surface area contributed by atoms with Crippen molar-refractivity contribution in [2.24, 2.45) is 5.73 Å². The number of hydrogen-bond acceptors (Lipinski definition) is 10. The average molecular weight is 512 g/mol. The second-order valence-electron chi connectivity index (χ2n) is 9.57. The number of halogens is 1. The molecule has 13 nitrogen and oxygen atoms in total. The summed E-state index contributed by atoms with van der Waals surface area (Å²) in [5, 5.41) is 5.47. The van der Waals surface area contributed by atoms with Crippen molar-refractivity contribution in [1.82, 2.24) is 30.2 Å². The smallest absolute Gasteiger partial charge is 0.320 e. The number of morpholine rings is 1. The van der Waals surface area contributed by atoms with Crippen molar-refractivity contribution in [3.05, 3.63) is 24.7 Å². The Hall–Kier alpha value is -3.78. The summed E-state index contributed by atoms with van der Waals surface area (Å²) in [6, 6.07) is 2.72. The highest BCUT2D eigenvalue weighted by atomic mass is 19.1. The van der Waals surface area contributed by atoms with Crippen LogP contribution < -0.4 is 31.1 Å². The number of nitrogens with two attached hydrogens (primary N) is 1. The normalized spacial score (nSPS) is 22.7. The lowest BCUT2D eigenvalue weighted by Gasteiger charge is -2.38. The second kappa shape index (κ2) is 9.94. The van der Waals surface area contributed by atoms with E-state index in [0.29, 0.717) is 49.1 Å². The summed E-state index contributed by atoms with van der Waals surface area (Å²) >= 11 is 0. The van der Waals surface area contributed by atoms with Gasteiger partial charge in [0.25, 0.3) is 0 Å². The molecule has 6 rings (SSSR count). The zero-order valence-electron chi connectivity index (χ0n) is 20.3. The molecule has 2 atom stereocenters. The maximum Gasteiger partial charge on any atom is 0.320 e. The van der Waals surface area contributed by atoms with Gasteiger partial charge in [-0.2, -0.15) is 0 Å². The van der Waals surface area contributed by atoms with Gasteiger partial charge in [0.05, 0.1) is 25.8 Å². The van der Waals surface area contributed by atoms with Crippen LogP contribution >= 0.6 is 0 Å². The van der Waals surface area contributed by atoms with Crippen LogP contribution in [0.5, 0.6) is 0 Å². The standard InChI is InChI=1S/C23H30FN11O2/c24-16-12-34(22-31-19-20(32-22)27-13-28-21(19)33-5-7-37-8-6-33)4-2-17(16)29-23(36)30-18-9-15(1-3-26-18)35-10-14(25)11-35/h1,3,9,13-14,16-17H,2,4-8,10-12,25H2,(H2,26,29,30,36)(H,27,28,31,32). The minimum atomic E-state index is -1.28. The highest BCUT2D eigenvalue weighted by Gasteiger charge is 2.32. The number of aromatic nitrogens is 5. The highest BCUT2D eigenvalue weighted by Crippen LogP contribution is 2.27. The number of anilines is 4. The van der Waals surface area contributed by atoms with E-state index in [0.717, 1.165) is 37.7 Å². The third kappa shape index (κ3) is 4.93. The van der Waals surface area contributed by atoms with E-state index in [9.17, 15) is 4.79 Å². The van der Waals surface area contributed by atoms with E-state index in [1.54, 1.807) is 12.3 Å². The summed E-state index contributed by atoms with van der Waals surface area (Å²) in [5.41, 5.74) is 8.06. The van der Waals surface area contributed by atoms with Crippen LogP contribution in [0.15, 0.2) is 24.7 Å². The Kier molecular flexibility index (Phi) is 6.34. The maximum atomic E-state index is 15.2. The van der Waals surface area contributed by atoms with E-state index in [1.165, 1.54) is 6.33 Å². The summed E-state index contributed by atoms with van der Waals surface area (Å²) < 4.78 is 20.6. The topological polar surface area (TPSA) is 153 Å². The lowest BCUT2D eigenvalue weighted by Crippen LogP contribution is -2.55. The van der Waals surface area contributed by atoms with Crippen molar-refractivity contribution < 1.29 is 13.9 Å². The number of rotatable bonds is 5. The van der Waals surface area contributed by atoms with E-state index in [-0.39, 0.29) is 12.6 Å². The SMILES string of the molecule is NC1CN(c2ccnc(NC(=O)NC3CCN(c4nc5c(N6CCOCC6)ncnc5[nH]4)CC3F)c2)C1. The molecule has 0 radical (unpaired) electrons. The fraction of sp³-hybridized carbons (Fsp3) is 0.522. The molecule has 3 saturated heterocycles. The van der Waals surface area contributed by atoms with Crippen molar-refractivity contribution in [3.8, 4) is 0 Å². The highest BCUT2D eigenvalue weighted by molar-refractivity contribution is 5.89. The summed E-state index contributed by atoms with van der Waals surface area (Å²) in [4.78, 5) is 39.5. The van der Waals surface area contributed by atoms with Crippen molar-refractivity contribution in [2.75, 3.05) is 72.5 Å². The summed E-state index contributed by atoms with van der Waals surface area (Å²) in [6.07, 6.45) is 2.28. The lowest BCUT2D eigenvalue weighted by molar-refractivity contribution is 0.122. The maximum absolute atomic E-state index is 15.2. The van der Waals surface area contributed by atoms with Crippen LogP contribution in [0, 0.1) is 0 Å². The monoisotopic (exact) mass is 511 g/mol. The molecule has 5 N–H and O–H groups in total. The molecule has 3 aliphatic heterocycles. The van der Waals surface area contributed by atoms with Gasteiger partial charge in [-0.1, -0.05) is 0 Å². The van der Waals surface area contributed by atoms with Crippen LogP contribution in [-0.4, -0.2) is 102 Å². The van der Waals surface area contributed by atoms with Gasteiger partial charge in [-0.25, -0.2) is 29.1 Å². The fourth-order valence-electron chi connectivity index (χ4n) is 4.95. The first-order chi connectivity index (χ1) is 18.0. The molecule has 196 valence electrons. The van der Waals surface area contributed by atoms with Crippen LogP contribution in [0.3, 0.4) is 0 Å². The number of nitrogens with one attached hydrogen (secondary N) is 3. The van der Waals surface area contributed by atoms with Crippen molar-refractivity contribution in [2.45, 2.75) is 24.7 Å². The third-order valence-corrected chi connectivity index (χ3v) is 6.98. The minimum Gasteiger partial charge on any atom is -0.378 e. The van der Waals surface area contributed by atoms with Gasteiger partial charge in [0.1, 0.15) is 18.3 Å². The number of alkyl halides is 1. The van der Waals surface area contributed by atoms with Gasteiger partial charge in [0, 0.05) is 56.7 Å². The zero-order valence-corrected chi connectivity index (χ0v) is 20.3. The number of hydrogen-bond donors (Lipinski definition) is 4. The van der Waals surface area contributed by atoms with Crippen LogP contribution in [0.25, 0.3) is 11.2 Å². The predicted molar refractivity (Wildman–Crippen MR) is 137 cm³/mol. The van der Waals surface area contributed by atoms with Gasteiger partial charge in [0.2, 0.25) is 5.95 Å². The molecule has 0 aromatic carbocycles. The Morgan fingerprint density at radius 1 is 1.11 bits per heavy atom. The second-order valence-corrected chi connectivity index (χ2v) is 9.57. The number of urea groups is 1. The van der Waals surface area contributed by atoms with E-state index in [4.69, 9.17) is 15.5 Å². The van der Waals surface area contributed by atoms with Gasteiger partial charge in [-0.3, -0.25) is 5.32 Å². The number of H-pyrrole nitrogens is 1. The number of fused-ring (bicyclic) bond motifs is 1. The van der Waals surface area contributed by atoms with Gasteiger partial charge in [-0.05, 0) is 12.5 Å². The minimum absolute atomic E-state index is 0.0913. The Morgan fingerprint density at radius 2 is 1.95 bits per heavy atom. The Labute approximate surface area is 212 Å². The van der Waals surface area contributed by atoms with Gasteiger partial charge < -0.3 is 35.5 Å². The quantitative estimate of drug-likeness (QED) is 0.380. The number of imidazole rings is 1. The number of pyridine rings is 1. The average Bonchev–Trinajstić information content (AvgIpc) is 3.33. The summed E-state index contributed by atoms with van der Waals surface area (Å²) in [7, 11) is 0. The molecular formula is C23H30FN11O2. The Balaban J connectivity index is 1.07. The molecule has 2 unspecified atom stereocenters. The number of piperidine rings is 1. The van der Waals surface area contributed by atoms with Crippen LogP contribution in [0.2, 0.25) is 0 Å². The third-order valence-electron chi connectivity index (χ3n) is 6.98. The summed E-state index contributed by atoms with van der Waals surface area (Å²) in [6.45, 7) is 4.87. The zero-order chi connectivity index (χ0) is 25.4. The number of aromatic amines is 1. The van der Waals surface area contributed by atoms with Crippen LogP contribution in [0.1, 0.15) is 6.42 Å². The molecular weight excluding hydrogens is 481 g/mol. The molecule has 3 fully saturated rings. The first-order valence-corrected chi connectivity index (χ1v) is 12.5. The van der Waals surface area contributed by atoms with Crippen LogP contribution in [-0.2, 0) is 4.74 Å². The molecule has 0 saturated carbocycles. The molecule has 3 aromatic heterocycles. The fourth-order valence-corrected chi connectivity index (χ4v) is 4.95. The largest absolute Gasteiger partial charge is 0.378 e. The van der Waals surface area contributed by atoms with Gasteiger partial charge >= 0.3 is 6.03 Å². The van der Waals surface area contributed by atoms with E-state index in [2.05, 4.69) is 40.4 Å². The first-order valence-electron chi connectivity index (χ1n) is 12.5. The van der Waals surface area contributed by atoms with Gasteiger partial charge in [-0.15, -0.1) is 0 Å². The number of amides is 2. The summed E-state index contributed by atoms with van der Waals surface area (Å²) in [5.74, 6) is 1.69. The molecule has 0 aliphatic carbocycles. The molecule has 0 bridgehead atoms. The number of carbonyl (C=O) groups is 1. The number of ether oxygens (including phenoxy) is 1. The molecule has 3 aromatic rings. The molecule has 2 amide bonds. The molecule has 0 spiro atoms. The van der Waals surface area contributed by atoms with Crippen molar-refractivity contribution in [3.63, 3.8) is 0 Å². The first kappa shape index (κ1) is 23.6. The van der Waals surface area contributed by atoms with Gasteiger partial charge in [0.15, 0.2) is 17.0 Å². The predicted octanol–water partition coefficient (Wildman–Crippen LogP) is 0.470. The van der Waals surface area contributed by atoms with Crippen LogP contribution in [0.4, 0.5) is 32.5 Å². The number of nitrogens with zero attached hydrogens (tertiary/aromatic N) is 7. The number of carbonyl (C=O) groups excluding carboxylic acids is 1. The van der Waals surface area contributed by atoms with E-state index in [1.807, 2.05) is 11.0 Å². The Bertz CT molecular complexity index is 1260. The molecule has 3 aliphatic rings. The van der Waals surface area contributed by atoms with E-state index < -0.39 is 18.2 Å². The van der Waals surface area contributed by atoms with Crippen molar-refractivity contribution in [1.29, 1.82) is 0 Å². The lowest BCUT2D eigenvalue weighted by atomic mass is 10.0. The Morgan fingerprint density at radius 3 is 2.73 bits per heavy atom. The molecule has 37 heavy (non-hydrogen) atoms. The van der Waals surface area contributed by atoms with Crippen molar-refractivity contribution >= 4 is 40.5 Å².